The number of para-hydroxylation sites is 2. The van der Waals surface area contributed by atoms with Crippen molar-refractivity contribution in [2.75, 3.05) is 17.7 Å². The predicted molar refractivity (Wildman–Crippen MR) is 103 cm³/mol. The highest BCUT2D eigenvalue weighted by molar-refractivity contribution is 5.86. The van der Waals surface area contributed by atoms with E-state index in [0.29, 0.717) is 24.5 Å². The number of amides is 1. The van der Waals surface area contributed by atoms with Gasteiger partial charge < -0.3 is 19.9 Å². The van der Waals surface area contributed by atoms with Gasteiger partial charge in [0.2, 0.25) is 0 Å². The maximum absolute atomic E-state index is 14.2. The third kappa shape index (κ3) is 5.51. The third-order valence-electron chi connectivity index (χ3n) is 3.93. The number of ether oxygens (including phenoxy) is 3. The number of hydrogen-bond donors (Lipinski definition) is 2. The highest BCUT2D eigenvalue weighted by Gasteiger charge is 2.22. The smallest absolute Gasteiger partial charge is 0.412 e. The maximum atomic E-state index is 14.2. The molecule has 2 aromatic rings. The van der Waals surface area contributed by atoms with Crippen molar-refractivity contribution in [3.63, 3.8) is 0 Å². The quantitative estimate of drug-likeness (QED) is 0.638. The van der Waals surface area contributed by atoms with E-state index >= 15 is 0 Å². The minimum atomic E-state index is -0.758. The summed E-state index contributed by atoms with van der Waals surface area (Å²) in [6.45, 7) is 7.74. The number of carbonyl (C=O) groups excluding carboxylic acids is 1. The van der Waals surface area contributed by atoms with E-state index in [1.54, 1.807) is 32.0 Å². The van der Waals surface area contributed by atoms with Crippen LogP contribution < -0.4 is 20.5 Å². The molecule has 2 rings (SSSR count). The van der Waals surface area contributed by atoms with Gasteiger partial charge >= 0.3 is 6.09 Å². The average molecular weight is 376 g/mol. The zero-order valence-corrected chi connectivity index (χ0v) is 16.0. The second-order valence-electron chi connectivity index (χ2n) is 6.48. The Morgan fingerprint density at radius 3 is 2.44 bits per heavy atom. The van der Waals surface area contributed by atoms with Gasteiger partial charge in [-0.2, -0.15) is 0 Å². The first kappa shape index (κ1) is 20.4. The van der Waals surface area contributed by atoms with Crippen LogP contribution in [-0.4, -0.2) is 18.3 Å². The van der Waals surface area contributed by atoms with Crippen LogP contribution in [-0.2, 0) is 4.74 Å². The molecule has 0 heterocycles. The number of rotatable bonds is 7. The van der Waals surface area contributed by atoms with Crippen molar-refractivity contribution < 1.29 is 23.4 Å². The van der Waals surface area contributed by atoms with Gasteiger partial charge in [0.15, 0.2) is 17.2 Å². The minimum Gasteiger partial charge on any atom is -0.490 e. The number of hydrogen-bond acceptors (Lipinski definition) is 5. The lowest BCUT2D eigenvalue weighted by Crippen LogP contribution is -2.30. The lowest BCUT2D eigenvalue weighted by molar-refractivity contribution is 0.0461. The number of nitrogen functional groups attached to an aromatic ring is 1. The monoisotopic (exact) mass is 376 g/mol. The maximum Gasteiger partial charge on any atom is 0.412 e. The van der Waals surface area contributed by atoms with Crippen LogP contribution in [0.25, 0.3) is 0 Å². The van der Waals surface area contributed by atoms with Gasteiger partial charge in [-0.1, -0.05) is 19.1 Å². The molecule has 27 heavy (non-hydrogen) atoms. The molecule has 0 bridgehead atoms. The Hall–Kier alpha value is -2.96. The Morgan fingerprint density at radius 1 is 1.15 bits per heavy atom. The van der Waals surface area contributed by atoms with Crippen molar-refractivity contribution in [3.05, 3.63) is 42.2 Å². The summed E-state index contributed by atoms with van der Waals surface area (Å²) in [5.74, 6) is 0.457. The molecule has 146 valence electrons. The van der Waals surface area contributed by atoms with E-state index in [4.69, 9.17) is 19.9 Å². The minimum absolute atomic E-state index is 0.0895. The van der Waals surface area contributed by atoms with E-state index < -0.39 is 17.5 Å². The zero-order valence-electron chi connectivity index (χ0n) is 16.0. The van der Waals surface area contributed by atoms with Gasteiger partial charge in [0.25, 0.3) is 0 Å². The zero-order chi connectivity index (χ0) is 20.0. The second-order valence-corrected chi connectivity index (χ2v) is 6.48. The Bertz CT molecular complexity index is 809. The lowest BCUT2D eigenvalue weighted by atomic mass is 10.1. The summed E-state index contributed by atoms with van der Waals surface area (Å²) >= 11 is 0. The van der Waals surface area contributed by atoms with Crippen molar-refractivity contribution in [1.82, 2.24) is 0 Å². The van der Waals surface area contributed by atoms with Crippen molar-refractivity contribution in [2.45, 2.75) is 39.7 Å². The Balaban J connectivity index is 2.25. The first-order chi connectivity index (χ1) is 12.8. The molecule has 0 unspecified atom stereocenters. The number of nitrogens with one attached hydrogen (secondary N) is 1. The first-order valence-electron chi connectivity index (χ1n) is 8.74. The SMILES string of the molecule is CCOc1ccccc1Oc1cc(NC(=O)OC(C)(C)CC)c(F)cc1N. The molecule has 0 aromatic heterocycles. The number of carbonyl (C=O) groups is 1. The Morgan fingerprint density at radius 2 is 1.81 bits per heavy atom. The fraction of sp³-hybridized carbons (Fsp3) is 0.350. The predicted octanol–water partition coefficient (Wildman–Crippen LogP) is 5.34. The second kappa shape index (κ2) is 8.62. The fourth-order valence-electron chi connectivity index (χ4n) is 2.14. The van der Waals surface area contributed by atoms with Crippen LogP contribution in [0.15, 0.2) is 36.4 Å². The molecule has 7 heteroatoms. The van der Waals surface area contributed by atoms with Gasteiger partial charge in [-0.25, -0.2) is 9.18 Å². The molecule has 2 aromatic carbocycles. The van der Waals surface area contributed by atoms with Crippen LogP contribution in [0.1, 0.15) is 34.1 Å². The molecule has 0 aliphatic heterocycles. The van der Waals surface area contributed by atoms with E-state index in [0.717, 1.165) is 6.07 Å². The summed E-state index contributed by atoms with van der Waals surface area (Å²) in [6, 6.07) is 9.44. The van der Waals surface area contributed by atoms with Crippen molar-refractivity contribution in [1.29, 1.82) is 0 Å². The van der Waals surface area contributed by atoms with Crippen molar-refractivity contribution in [3.8, 4) is 17.2 Å². The summed E-state index contributed by atoms with van der Waals surface area (Å²) < 4.78 is 30.8. The van der Waals surface area contributed by atoms with E-state index in [2.05, 4.69) is 5.32 Å². The highest BCUT2D eigenvalue weighted by Crippen LogP contribution is 2.36. The normalized spacial score (nSPS) is 11.0. The van der Waals surface area contributed by atoms with Gasteiger partial charge in [-0.15, -0.1) is 0 Å². The molecule has 0 aliphatic carbocycles. The molecule has 0 saturated heterocycles. The molecule has 3 N–H and O–H groups in total. The van der Waals surface area contributed by atoms with Crippen LogP contribution in [0.5, 0.6) is 17.2 Å². The molecule has 0 aliphatic rings. The van der Waals surface area contributed by atoms with E-state index in [9.17, 15) is 9.18 Å². The summed E-state index contributed by atoms with van der Waals surface area (Å²) in [7, 11) is 0. The van der Waals surface area contributed by atoms with Crippen LogP contribution in [0, 0.1) is 5.82 Å². The standard InChI is InChI=1S/C20H25FN2O4/c1-5-20(3,4)27-19(24)23-15-12-18(14(22)11-13(15)21)26-17-10-8-7-9-16(17)25-6-2/h7-12H,5-6,22H2,1-4H3,(H,23,24). The summed E-state index contributed by atoms with van der Waals surface area (Å²) in [5.41, 5.74) is 5.20. The van der Waals surface area contributed by atoms with Crippen molar-refractivity contribution in [2.24, 2.45) is 0 Å². The van der Waals surface area contributed by atoms with Gasteiger partial charge in [0.1, 0.15) is 11.4 Å². The van der Waals surface area contributed by atoms with E-state index in [1.165, 1.54) is 6.07 Å². The fourth-order valence-corrected chi connectivity index (χ4v) is 2.14. The average Bonchev–Trinajstić information content (AvgIpc) is 2.60. The molecule has 1 amide bonds. The molecule has 0 saturated carbocycles. The van der Waals surface area contributed by atoms with Crippen LogP contribution in [0.2, 0.25) is 0 Å². The topological polar surface area (TPSA) is 82.8 Å². The highest BCUT2D eigenvalue weighted by atomic mass is 19.1. The van der Waals surface area contributed by atoms with Gasteiger partial charge in [0, 0.05) is 12.1 Å². The summed E-state index contributed by atoms with van der Waals surface area (Å²) in [6.07, 6.45) is -0.140. The summed E-state index contributed by atoms with van der Waals surface area (Å²) in [4.78, 5) is 12.0. The molecular formula is C20H25FN2O4. The number of benzene rings is 2. The van der Waals surface area contributed by atoms with Gasteiger partial charge in [0.05, 0.1) is 18.0 Å². The van der Waals surface area contributed by atoms with Crippen molar-refractivity contribution >= 4 is 17.5 Å². The van der Waals surface area contributed by atoms with Crippen LogP contribution in [0.4, 0.5) is 20.6 Å². The Labute approximate surface area is 158 Å². The van der Waals surface area contributed by atoms with Crippen LogP contribution in [0.3, 0.4) is 0 Å². The number of nitrogens with two attached hydrogens (primary N) is 1. The lowest BCUT2D eigenvalue weighted by Gasteiger charge is -2.23. The Kier molecular flexibility index (Phi) is 6.50. The summed E-state index contributed by atoms with van der Waals surface area (Å²) in [5, 5.41) is 2.39. The number of anilines is 2. The van der Waals surface area contributed by atoms with E-state index in [1.807, 2.05) is 19.9 Å². The van der Waals surface area contributed by atoms with Gasteiger partial charge in [-0.3, -0.25) is 5.32 Å². The van der Waals surface area contributed by atoms with Crippen LogP contribution >= 0.6 is 0 Å². The molecule has 0 atom stereocenters. The molecule has 0 radical (unpaired) electrons. The molecule has 0 fully saturated rings. The third-order valence-corrected chi connectivity index (χ3v) is 3.93. The molecule has 0 spiro atoms. The van der Waals surface area contributed by atoms with E-state index in [-0.39, 0.29) is 17.1 Å². The van der Waals surface area contributed by atoms with Gasteiger partial charge in [-0.05, 0) is 39.3 Å². The largest absolute Gasteiger partial charge is 0.490 e. The molecule has 6 nitrogen and oxygen atoms in total. The first-order valence-corrected chi connectivity index (χ1v) is 8.74. The number of halogens is 1. The molecular weight excluding hydrogens is 351 g/mol.